The number of aryl methyl sites for hydroxylation is 2. The Kier molecular flexibility index (Phi) is 3.51. The Morgan fingerprint density at radius 1 is 1.44 bits per heavy atom. The van der Waals surface area contributed by atoms with Crippen molar-refractivity contribution in [2.24, 2.45) is 0 Å². The summed E-state index contributed by atoms with van der Waals surface area (Å²) >= 11 is 5.18. The summed E-state index contributed by atoms with van der Waals surface area (Å²) in [4.78, 5) is 0. The van der Waals surface area contributed by atoms with E-state index in [2.05, 4.69) is 26.8 Å². The van der Waals surface area contributed by atoms with Crippen molar-refractivity contribution < 1.29 is 0 Å². The van der Waals surface area contributed by atoms with E-state index in [9.17, 15) is 0 Å². The smallest absolute Gasteiger partial charge is 0.195 e. The van der Waals surface area contributed by atoms with Crippen molar-refractivity contribution >= 4 is 12.2 Å². The number of hydrogen-bond donors (Lipinski definition) is 1. The quantitative estimate of drug-likeness (QED) is 0.807. The molecule has 0 radical (unpaired) electrons. The molecule has 5 nitrogen and oxygen atoms in total. The summed E-state index contributed by atoms with van der Waals surface area (Å²) in [6.45, 7) is 3.87. The van der Waals surface area contributed by atoms with Crippen LogP contribution in [-0.2, 0) is 19.5 Å². The zero-order valence-corrected chi connectivity index (χ0v) is 10.1. The van der Waals surface area contributed by atoms with Gasteiger partial charge in [0.25, 0.3) is 0 Å². The van der Waals surface area contributed by atoms with Gasteiger partial charge in [0, 0.05) is 31.9 Å². The average Bonchev–Trinajstić information content (AvgIpc) is 2.90. The van der Waals surface area contributed by atoms with E-state index in [1.807, 2.05) is 16.9 Å². The predicted molar refractivity (Wildman–Crippen MR) is 63.6 cm³/mol. The van der Waals surface area contributed by atoms with Crippen LogP contribution in [-0.4, -0.2) is 24.5 Å². The second-order valence-corrected chi connectivity index (χ2v) is 3.96. The number of H-pyrrole nitrogens is 1. The molecule has 0 bridgehead atoms. The summed E-state index contributed by atoms with van der Waals surface area (Å²) in [5.74, 6) is 1.02. The van der Waals surface area contributed by atoms with Gasteiger partial charge in [0.15, 0.2) is 4.77 Å². The third-order valence-corrected chi connectivity index (χ3v) is 2.79. The van der Waals surface area contributed by atoms with Gasteiger partial charge in [0.05, 0.1) is 0 Å². The Balaban J connectivity index is 1.94. The summed E-state index contributed by atoms with van der Waals surface area (Å²) in [5, 5.41) is 11.2. The van der Waals surface area contributed by atoms with Gasteiger partial charge in [-0.15, -0.1) is 0 Å². The van der Waals surface area contributed by atoms with Crippen LogP contribution in [0.3, 0.4) is 0 Å². The number of nitrogens with zero attached hydrogens (tertiary/aromatic N) is 4. The summed E-state index contributed by atoms with van der Waals surface area (Å²) < 4.78 is 4.69. The van der Waals surface area contributed by atoms with Crippen molar-refractivity contribution in [2.45, 2.75) is 32.9 Å². The lowest BCUT2D eigenvalue weighted by Gasteiger charge is -2.05. The molecule has 0 aromatic carbocycles. The van der Waals surface area contributed by atoms with Crippen LogP contribution in [0, 0.1) is 4.77 Å². The van der Waals surface area contributed by atoms with Crippen LogP contribution in [0.1, 0.15) is 19.2 Å². The maximum Gasteiger partial charge on any atom is 0.195 e. The number of hydrogen-bond acceptors (Lipinski definition) is 3. The minimum absolute atomic E-state index is 0.706. The van der Waals surface area contributed by atoms with Crippen molar-refractivity contribution in [1.29, 1.82) is 0 Å². The predicted octanol–water partition coefficient (Wildman–Crippen LogP) is 1.79. The van der Waals surface area contributed by atoms with Gasteiger partial charge in [-0.2, -0.15) is 10.2 Å². The highest BCUT2D eigenvalue weighted by Crippen LogP contribution is 2.01. The molecule has 86 valence electrons. The number of aromatic amines is 1. The second-order valence-electron chi connectivity index (χ2n) is 3.57. The van der Waals surface area contributed by atoms with Gasteiger partial charge in [0.2, 0.25) is 0 Å². The lowest BCUT2D eigenvalue weighted by molar-refractivity contribution is 0.515. The van der Waals surface area contributed by atoms with Crippen molar-refractivity contribution in [3.05, 3.63) is 29.1 Å². The first kappa shape index (κ1) is 11.1. The monoisotopic (exact) mass is 237 g/mol. The van der Waals surface area contributed by atoms with E-state index in [-0.39, 0.29) is 0 Å². The van der Waals surface area contributed by atoms with E-state index in [0.29, 0.717) is 4.77 Å². The lowest BCUT2D eigenvalue weighted by atomic mass is 10.4. The highest BCUT2D eigenvalue weighted by atomic mass is 32.1. The number of aromatic nitrogens is 5. The highest BCUT2D eigenvalue weighted by molar-refractivity contribution is 7.71. The van der Waals surface area contributed by atoms with Gasteiger partial charge < -0.3 is 4.57 Å². The van der Waals surface area contributed by atoms with Gasteiger partial charge in [-0.3, -0.25) is 9.78 Å². The Labute approximate surface area is 99.1 Å². The Morgan fingerprint density at radius 2 is 2.31 bits per heavy atom. The van der Waals surface area contributed by atoms with Crippen LogP contribution >= 0.6 is 12.2 Å². The van der Waals surface area contributed by atoms with Crippen LogP contribution < -0.4 is 0 Å². The second kappa shape index (κ2) is 5.07. The van der Waals surface area contributed by atoms with Crippen LogP contribution in [0.25, 0.3) is 0 Å². The fourth-order valence-electron chi connectivity index (χ4n) is 1.67. The van der Waals surface area contributed by atoms with Gasteiger partial charge in [-0.25, -0.2) is 0 Å². The minimum Gasteiger partial charge on any atom is -0.304 e. The van der Waals surface area contributed by atoms with E-state index in [1.165, 1.54) is 0 Å². The van der Waals surface area contributed by atoms with Crippen LogP contribution in [0.5, 0.6) is 0 Å². The molecule has 0 aliphatic carbocycles. The minimum atomic E-state index is 0.706. The normalized spacial score (nSPS) is 10.8. The third kappa shape index (κ3) is 2.38. The van der Waals surface area contributed by atoms with E-state index >= 15 is 0 Å². The molecule has 0 aliphatic heterocycles. The first-order valence-corrected chi connectivity index (χ1v) is 5.83. The fraction of sp³-hybridized carbons (Fsp3) is 0.500. The molecule has 0 spiro atoms. The van der Waals surface area contributed by atoms with E-state index in [1.54, 1.807) is 6.20 Å². The largest absolute Gasteiger partial charge is 0.304 e. The zero-order valence-electron chi connectivity index (χ0n) is 9.26. The van der Waals surface area contributed by atoms with Gasteiger partial charge in [-0.05, 0) is 24.7 Å². The molecule has 0 saturated heterocycles. The highest BCUT2D eigenvalue weighted by Gasteiger charge is 2.03. The molecular weight excluding hydrogens is 222 g/mol. The van der Waals surface area contributed by atoms with Crippen molar-refractivity contribution in [1.82, 2.24) is 24.5 Å². The lowest BCUT2D eigenvalue weighted by Crippen LogP contribution is -2.07. The standard InChI is InChI=1S/C10H15N5S/c1-2-9-12-13-10(16)15(9)8-4-7-14-6-3-5-11-14/h3,5-6H,2,4,7-8H2,1H3,(H,13,16). The molecule has 16 heavy (non-hydrogen) atoms. The molecule has 0 atom stereocenters. The Bertz CT molecular complexity index is 482. The Hall–Kier alpha value is -1.43. The van der Waals surface area contributed by atoms with E-state index in [0.717, 1.165) is 31.8 Å². The molecule has 2 rings (SSSR count). The number of nitrogens with one attached hydrogen (secondary N) is 1. The van der Waals surface area contributed by atoms with Crippen LogP contribution in [0.15, 0.2) is 18.5 Å². The summed E-state index contributed by atoms with van der Waals surface area (Å²) in [6, 6.07) is 1.93. The van der Waals surface area contributed by atoms with E-state index < -0.39 is 0 Å². The summed E-state index contributed by atoms with van der Waals surface area (Å²) in [6.07, 6.45) is 5.66. The average molecular weight is 237 g/mol. The summed E-state index contributed by atoms with van der Waals surface area (Å²) in [7, 11) is 0. The van der Waals surface area contributed by atoms with Crippen molar-refractivity contribution in [2.75, 3.05) is 0 Å². The van der Waals surface area contributed by atoms with Crippen LogP contribution in [0.4, 0.5) is 0 Å². The topological polar surface area (TPSA) is 51.4 Å². The molecule has 0 aliphatic rings. The Morgan fingerprint density at radius 3 is 3.00 bits per heavy atom. The van der Waals surface area contributed by atoms with E-state index in [4.69, 9.17) is 12.2 Å². The van der Waals surface area contributed by atoms with Gasteiger partial charge in [-0.1, -0.05) is 6.92 Å². The van der Waals surface area contributed by atoms with Gasteiger partial charge >= 0.3 is 0 Å². The molecule has 0 saturated carbocycles. The first-order valence-electron chi connectivity index (χ1n) is 5.42. The molecule has 0 fully saturated rings. The molecular formula is C10H15N5S. The maximum atomic E-state index is 5.18. The molecule has 2 aromatic rings. The van der Waals surface area contributed by atoms with Crippen molar-refractivity contribution in [3.8, 4) is 0 Å². The fourth-order valence-corrected chi connectivity index (χ4v) is 1.92. The molecule has 6 heteroatoms. The number of rotatable bonds is 5. The molecule has 2 heterocycles. The molecule has 1 N–H and O–H groups in total. The molecule has 0 amide bonds. The summed E-state index contributed by atoms with van der Waals surface area (Å²) in [5.41, 5.74) is 0. The SMILES string of the molecule is CCc1n[nH]c(=S)n1CCCn1cccn1. The van der Waals surface area contributed by atoms with Crippen molar-refractivity contribution in [3.63, 3.8) is 0 Å². The van der Waals surface area contributed by atoms with Crippen LogP contribution in [0.2, 0.25) is 0 Å². The zero-order chi connectivity index (χ0) is 11.4. The maximum absolute atomic E-state index is 5.18. The first-order chi connectivity index (χ1) is 7.81. The molecule has 0 unspecified atom stereocenters. The van der Waals surface area contributed by atoms with Gasteiger partial charge in [0.1, 0.15) is 5.82 Å². The third-order valence-electron chi connectivity index (χ3n) is 2.48. The molecule has 2 aromatic heterocycles.